The Morgan fingerprint density at radius 3 is 1.49 bits per heavy atom. The van der Waals surface area contributed by atoms with Gasteiger partial charge in [-0.15, -0.1) is 0 Å². The first-order valence-electron chi connectivity index (χ1n) is 42.3. The zero-order chi connectivity index (χ0) is 88.5. The number of rotatable bonds is 21. The molecule has 7 heterocycles. The standard InChI is InChI=1S/C85H114O37/c1-14-22-82(104)78(120-45-18-16-43(30(3)110-45)116-47-20-24-80(102,34(7)86)36(9)114-47)68(98)71(118-49-28-41(88)60(90)32(5)112-49)40-27-38-26-39-52(62(92)51(38)76(100)84(40,82)105)63(93)56(74(109-13)70(39)107-11)55-64(94)53-54(67(97)73(55)108-12)65(95)57-58(66(53)96)77(101)85(106)59-72(57)122-83(85,23-15-2)79(69(99)75(59)119-50-29-42(89)61(91)33(6)113-50)121-46-19-17-44(31(4)111-46)117-48-21-25-81(103,35(8)87)37(10)115-48/h26,30-33,36-38,40-51,59-61,68-69,71-72,75,78-79,88-91,93,95-99,102-106H,14-25,27-29H2,1-13H3/t30-,31+,32+,33+,36-,37+,38?,40-,41-,42-,43-,44-,45+,46+,47-,48+,49-,50+,51?,59+,60-,61-,68+,69+,71-,72-,75-,78-,79-,80+,81+,82+,83-,84+,85+/m1/s1. The van der Waals surface area contributed by atoms with Crippen molar-refractivity contribution in [2.75, 3.05) is 21.3 Å². The maximum Gasteiger partial charge on any atom is 0.202 e. The first-order valence-corrected chi connectivity index (χ1v) is 42.3. The number of carbonyl (C=O) groups excluding carboxylic acids is 6. The van der Waals surface area contributed by atoms with Gasteiger partial charge in [-0.3, -0.25) is 28.8 Å². The number of allylic oxidation sites excluding steroid dienone is 1. The summed E-state index contributed by atoms with van der Waals surface area (Å²) in [6, 6.07) is 0. The Kier molecular flexibility index (Phi) is 24.5. The predicted molar refractivity (Wildman–Crippen MR) is 411 cm³/mol. The lowest BCUT2D eigenvalue weighted by Crippen LogP contribution is -2.81. The van der Waals surface area contributed by atoms with Crippen LogP contribution >= 0.6 is 0 Å². The van der Waals surface area contributed by atoms with Crippen molar-refractivity contribution < 1.29 is 181 Å². The Morgan fingerprint density at radius 2 is 1.01 bits per heavy atom. The lowest BCUT2D eigenvalue weighted by molar-refractivity contribution is -0.363. The Morgan fingerprint density at radius 1 is 0.508 bits per heavy atom. The predicted octanol–water partition coefficient (Wildman–Crippen LogP) is 0.469. The largest absolute Gasteiger partial charge is 0.507 e. The summed E-state index contributed by atoms with van der Waals surface area (Å²) in [6.07, 6.45) is -33.4. The fraction of sp³-hybridized carbons (Fsp3) is 0.741. The number of aliphatic hydroxyl groups excluding tert-OH is 7. The molecule has 10 fully saturated rings. The molecule has 4 bridgehead atoms. The van der Waals surface area contributed by atoms with E-state index in [1.807, 2.05) is 0 Å². The molecule has 13 aliphatic rings. The molecule has 2 aromatic carbocycles. The first kappa shape index (κ1) is 90.4. The van der Waals surface area contributed by atoms with Crippen molar-refractivity contribution in [3.05, 3.63) is 44.0 Å². The monoisotopic (exact) mass is 1730 g/mol. The van der Waals surface area contributed by atoms with Gasteiger partial charge in [0.25, 0.3) is 0 Å². The average Bonchev–Trinajstić information content (AvgIpc) is 1.44. The second-order valence-corrected chi connectivity index (χ2v) is 35.4. The van der Waals surface area contributed by atoms with Crippen LogP contribution in [0, 0.1) is 23.7 Å². The van der Waals surface area contributed by atoms with Gasteiger partial charge in [0.15, 0.2) is 95.1 Å². The summed E-state index contributed by atoms with van der Waals surface area (Å²) in [5.41, 5.74) is -20.3. The summed E-state index contributed by atoms with van der Waals surface area (Å²) in [7, 11) is 3.14. The van der Waals surface area contributed by atoms with Gasteiger partial charge in [0.05, 0.1) is 146 Å². The van der Waals surface area contributed by atoms with Crippen molar-refractivity contribution in [2.45, 2.75) is 353 Å². The third kappa shape index (κ3) is 13.7. The van der Waals surface area contributed by atoms with Crippen molar-refractivity contribution in [1.82, 2.24) is 0 Å². The molecule has 0 spiro atoms. The minimum atomic E-state index is -3.18. The highest BCUT2D eigenvalue weighted by Crippen LogP contribution is 2.69. The summed E-state index contributed by atoms with van der Waals surface area (Å²) in [6.45, 7) is 15.1. The first-order chi connectivity index (χ1) is 57.5. The number of hydrogen-bond acceptors (Lipinski definition) is 37. The van der Waals surface area contributed by atoms with Crippen molar-refractivity contribution in [1.29, 1.82) is 0 Å². The molecule has 0 radical (unpaired) electrons. The van der Waals surface area contributed by atoms with E-state index in [0.29, 0.717) is 0 Å². The second kappa shape index (κ2) is 33.0. The SMILES string of the molecule is CCC[C@]1(O)[C@H](O[C@H]2CC[C@@H](O[C@@H]3CC[C@](O)(C(C)=O)[C@@H](C)O3)[C@@H](C)O2)[C@@H](O)[C@H](O[C@@H]2C[C@@H](O)[C@H](O)[C@H](C)O2)[C@H]2CC3C=c4c(OC)c(OC)c(=C5C(=O)c6c(O)c7c(c(O)c6C(O)=C5OC)[C@H]5O[C@]6(CCC)[C@H](O[C@H]8CC[C@@H](O[C@H]9CC[C@](O)(C(C)=O)[C@H](C)O9)[C@H](C)O8)[C@@H](O)[C@H](O[C@H]8C[C@@H](O)[C@H](O)[C@H](C)O8)[C@H]5[C@]6(O)C7=O)c(O)c4C(=O)C3C(=O)[C@@]21O. The zero-order valence-corrected chi connectivity index (χ0v) is 70.1. The van der Waals surface area contributed by atoms with Crippen molar-refractivity contribution in [3.8, 4) is 28.7 Å². The van der Waals surface area contributed by atoms with Crippen molar-refractivity contribution >= 4 is 52.1 Å². The van der Waals surface area contributed by atoms with Gasteiger partial charge in [-0.1, -0.05) is 32.8 Å². The quantitative estimate of drug-likeness (QED) is 0.0459. The molecule has 15 rings (SSSR count). The molecule has 15 N–H and O–H groups in total. The van der Waals surface area contributed by atoms with E-state index in [0.717, 1.165) is 21.3 Å². The van der Waals surface area contributed by atoms with E-state index in [-0.39, 0.29) is 75.8 Å². The van der Waals surface area contributed by atoms with E-state index in [2.05, 4.69) is 0 Å². The number of carbonyl (C=O) groups is 6. The summed E-state index contributed by atoms with van der Waals surface area (Å²) in [5.74, 6) is -20.2. The van der Waals surface area contributed by atoms with Gasteiger partial charge in [-0.05, 0) is 106 Å². The summed E-state index contributed by atoms with van der Waals surface area (Å²) in [4.78, 5) is 90.0. The highest BCUT2D eigenvalue weighted by Gasteiger charge is 2.82. The molecule has 122 heavy (non-hydrogen) atoms. The number of aromatic hydroxyl groups is 3. The number of phenolic OH excluding ortho intramolecular Hbond substituents is 3. The molecule has 35 atom stereocenters. The molecule has 37 nitrogen and oxygen atoms in total. The van der Waals surface area contributed by atoms with E-state index in [1.165, 1.54) is 33.8 Å². The number of ketones is 6. The third-order valence-electron chi connectivity index (χ3n) is 28.7. The van der Waals surface area contributed by atoms with E-state index in [9.17, 15) is 86.2 Å². The van der Waals surface area contributed by atoms with E-state index >= 15 is 19.2 Å². The highest BCUT2D eigenvalue weighted by atomic mass is 16.8. The van der Waals surface area contributed by atoms with Crippen LogP contribution in [0.25, 0.3) is 17.4 Å². The molecule has 7 aliphatic heterocycles. The van der Waals surface area contributed by atoms with Crippen LogP contribution in [0.4, 0.5) is 0 Å². The number of methoxy groups -OCH3 is 3. The molecular formula is C85H114O37. The summed E-state index contributed by atoms with van der Waals surface area (Å²) >= 11 is 0. The minimum absolute atomic E-state index is 0.00699. The van der Waals surface area contributed by atoms with Crippen LogP contribution < -0.4 is 19.9 Å². The molecule has 2 aromatic rings. The number of ether oxygens (including phenoxy) is 16. The zero-order valence-electron chi connectivity index (χ0n) is 70.1. The Labute approximate surface area is 701 Å². The molecule has 0 aromatic heterocycles. The van der Waals surface area contributed by atoms with Gasteiger partial charge in [-0.25, -0.2) is 0 Å². The number of fused-ring (bicyclic) bond motifs is 6. The Balaban J connectivity index is 0.800. The van der Waals surface area contributed by atoms with Gasteiger partial charge in [0.1, 0.15) is 76.3 Å². The molecule has 3 saturated carbocycles. The average molecular weight is 1730 g/mol. The van der Waals surface area contributed by atoms with Gasteiger partial charge in [0, 0.05) is 55.2 Å². The van der Waals surface area contributed by atoms with Crippen LogP contribution in [-0.4, -0.2) is 314 Å². The smallest absolute Gasteiger partial charge is 0.202 e. The molecule has 37 heteroatoms. The molecular weight excluding hydrogens is 1610 g/mol. The van der Waals surface area contributed by atoms with Crippen LogP contribution in [0.1, 0.15) is 214 Å². The van der Waals surface area contributed by atoms with Crippen LogP contribution in [0.3, 0.4) is 0 Å². The van der Waals surface area contributed by atoms with E-state index in [4.69, 9.17) is 75.8 Å². The molecule has 2 unspecified atom stereocenters. The fourth-order valence-corrected chi connectivity index (χ4v) is 22.2. The maximum atomic E-state index is 16.4. The third-order valence-corrected chi connectivity index (χ3v) is 28.7. The van der Waals surface area contributed by atoms with Gasteiger partial charge < -0.3 is 152 Å². The molecule has 7 saturated heterocycles. The number of Topliss-reactive ketones (excluding diaryl/α,β-unsaturated/α-hetero) is 6. The van der Waals surface area contributed by atoms with E-state index < -0.39 is 350 Å². The Hall–Kier alpha value is -6.42. The van der Waals surface area contributed by atoms with Crippen LogP contribution in [-0.2, 0) is 80.7 Å². The topological polar surface area (TPSA) is 554 Å². The number of phenols is 3. The van der Waals surface area contributed by atoms with Crippen molar-refractivity contribution in [2.24, 2.45) is 23.7 Å². The normalized spacial score (nSPS) is 45.3. The maximum absolute atomic E-state index is 16.4. The fourth-order valence-electron chi connectivity index (χ4n) is 22.2. The van der Waals surface area contributed by atoms with Crippen LogP contribution in [0.15, 0.2) is 5.76 Å². The number of aliphatic hydroxyl groups is 12. The number of benzene rings is 2. The summed E-state index contributed by atoms with van der Waals surface area (Å²) in [5, 5.41) is 185. The molecule has 6 aliphatic carbocycles. The highest BCUT2D eigenvalue weighted by molar-refractivity contribution is 6.35. The Bertz CT molecular complexity index is 4600. The molecule has 676 valence electrons. The number of hydrogen-bond donors (Lipinski definition) is 15. The van der Waals surface area contributed by atoms with Crippen molar-refractivity contribution in [3.63, 3.8) is 0 Å². The minimum Gasteiger partial charge on any atom is -0.507 e. The lowest BCUT2D eigenvalue weighted by Gasteiger charge is -2.62. The van der Waals surface area contributed by atoms with Gasteiger partial charge in [-0.2, -0.15) is 0 Å². The second-order valence-electron chi connectivity index (χ2n) is 35.4. The van der Waals surface area contributed by atoms with Crippen LogP contribution in [0.2, 0.25) is 0 Å². The van der Waals surface area contributed by atoms with E-state index in [1.54, 1.807) is 41.5 Å². The van der Waals surface area contributed by atoms with Crippen LogP contribution in [0.5, 0.6) is 28.7 Å². The molecule has 0 amide bonds. The summed E-state index contributed by atoms with van der Waals surface area (Å²) < 4.78 is 101. The van der Waals surface area contributed by atoms with Gasteiger partial charge in [0.2, 0.25) is 11.6 Å². The van der Waals surface area contributed by atoms with Gasteiger partial charge >= 0.3 is 0 Å². The lowest BCUT2D eigenvalue weighted by atomic mass is 9.50.